The first kappa shape index (κ1) is 18.0. The minimum absolute atomic E-state index is 0.141. The van der Waals surface area contributed by atoms with Crippen molar-refractivity contribution in [2.75, 3.05) is 12.4 Å². The molecule has 1 aromatic heterocycles. The van der Waals surface area contributed by atoms with Gasteiger partial charge in [-0.1, -0.05) is 11.6 Å². The summed E-state index contributed by atoms with van der Waals surface area (Å²) in [5, 5.41) is 12.3. The lowest BCUT2D eigenvalue weighted by atomic mass is 10.1. The van der Waals surface area contributed by atoms with Crippen LogP contribution in [0.2, 0.25) is 5.02 Å². The van der Waals surface area contributed by atoms with Crippen LogP contribution in [0.25, 0.3) is 11.3 Å². The molecule has 0 fully saturated rings. The number of aliphatic hydroxyl groups is 1. The number of hydrogen-bond acceptors (Lipinski definition) is 4. The van der Waals surface area contributed by atoms with E-state index in [2.05, 4.69) is 5.32 Å². The van der Waals surface area contributed by atoms with Crippen LogP contribution in [0.5, 0.6) is 5.75 Å². The summed E-state index contributed by atoms with van der Waals surface area (Å²) in [6.07, 6.45) is 0. The fourth-order valence-corrected chi connectivity index (χ4v) is 2.89. The maximum absolute atomic E-state index is 12.4. The number of benzene rings is 2. The van der Waals surface area contributed by atoms with E-state index in [4.69, 9.17) is 25.9 Å². The lowest BCUT2D eigenvalue weighted by Crippen LogP contribution is -2.12. The number of carbonyl (C=O) groups is 1. The third-order valence-corrected chi connectivity index (χ3v) is 4.28. The predicted octanol–water partition coefficient (Wildman–Crippen LogP) is 4.66. The van der Waals surface area contributed by atoms with E-state index in [9.17, 15) is 4.79 Å². The quantitative estimate of drug-likeness (QED) is 0.684. The first-order chi connectivity index (χ1) is 12.5. The van der Waals surface area contributed by atoms with Crippen molar-refractivity contribution in [1.29, 1.82) is 0 Å². The van der Waals surface area contributed by atoms with E-state index in [0.717, 1.165) is 11.1 Å². The summed E-state index contributed by atoms with van der Waals surface area (Å²) in [5.74, 6) is 1.44. The number of ether oxygens (including phenoxy) is 1. The number of hydrogen-bond donors (Lipinski definition) is 2. The van der Waals surface area contributed by atoms with Gasteiger partial charge in [-0.05, 0) is 61.0 Å². The second kappa shape index (κ2) is 7.64. The summed E-state index contributed by atoms with van der Waals surface area (Å²) >= 11 is 6.07. The maximum Gasteiger partial charge on any atom is 0.255 e. The van der Waals surface area contributed by atoms with Gasteiger partial charge in [-0.15, -0.1) is 0 Å². The van der Waals surface area contributed by atoms with Crippen LogP contribution in [-0.2, 0) is 6.61 Å². The van der Waals surface area contributed by atoms with Gasteiger partial charge in [-0.25, -0.2) is 0 Å². The molecule has 1 heterocycles. The largest absolute Gasteiger partial charge is 0.495 e. The van der Waals surface area contributed by atoms with Crippen LogP contribution in [0, 0.1) is 6.92 Å². The molecule has 0 saturated carbocycles. The molecule has 134 valence electrons. The highest BCUT2D eigenvalue weighted by atomic mass is 35.5. The van der Waals surface area contributed by atoms with E-state index < -0.39 is 0 Å². The Morgan fingerprint density at radius 3 is 2.62 bits per heavy atom. The van der Waals surface area contributed by atoms with E-state index in [1.54, 1.807) is 30.3 Å². The van der Waals surface area contributed by atoms with E-state index in [0.29, 0.717) is 33.5 Å². The van der Waals surface area contributed by atoms with Gasteiger partial charge in [0.05, 0.1) is 12.1 Å². The summed E-state index contributed by atoms with van der Waals surface area (Å²) in [5.41, 5.74) is 2.94. The third-order valence-electron chi connectivity index (χ3n) is 3.98. The molecule has 0 unspecified atom stereocenters. The molecule has 0 atom stereocenters. The summed E-state index contributed by atoms with van der Waals surface area (Å²) < 4.78 is 10.7. The minimum atomic E-state index is -0.262. The molecule has 0 bridgehead atoms. The van der Waals surface area contributed by atoms with Gasteiger partial charge in [0, 0.05) is 16.8 Å². The van der Waals surface area contributed by atoms with Crippen molar-refractivity contribution in [3.05, 3.63) is 70.4 Å². The molecule has 0 aliphatic heterocycles. The average molecular weight is 372 g/mol. The SMILES string of the molecule is COc1ccc(C(=O)Nc2ccc(-c3ccc(CO)o3)c(C)c2)cc1Cl. The van der Waals surface area contributed by atoms with Crippen molar-refractivity contribution in [3.8, 4) is 17.1 Å². The molecule has 0 saturated heterocycles. The molecule has 26 heavy (non-hydrogen) atoms. The molecule has 0 aliphatic rings. The first-order valence-electron chi connectivity index (χ1n) is 7.97. The van der Waals surface area contributed by atoms with Crippen LogP contribution < -0.4 is 10.1 Å². The molecular formula is C20H18ClNO4. The zero-order valence-electron chi connectivity index (χ0n) is 14.4. The normalized spacial score (nSPS) is 10.6. The Bertz CT molecular complexity index is 949. The Morgan fingerprint density at radius 2 is 2.00 bits per heavy atom. The Hall–Kier alpha value is -2.76. The zero-order chi connectivity index (χ0) is 18.7. The van der Waals surface area contributed by atoms with E-state index in [1.165, 1.54) is 7.11 Å². The van der Waals surface area contributed by atoms with Gasteiger partial charge >= 0.3 is 0 Å². The van der Waals surface area contributed by atoms with E-state index >= 15 is 0 Å². The molecule has 3 aromatic rings. The number of nitrogens with one attached hydrogen (secondary N) is 1. The molecule has 5 nitrogen and oxygen atoms in total. The lowest BCUT2D eigenvalue weighted by molar-refractivity contribution is 0.102. The van der Waals surface area contributed by atoms with Gasteiger partial charge in [0.1, 0.15) is 23.9 Å². The van der Waals surface area contributed by atoms with E-state index in [1.807, 2.05) is 25.1 Å². The van der Waals surface area contributed by atoms with Gasteiger partial charge in [-0.2, -0.15) is 0 Å². The van der Waals surface area contributed by atoms with Crippen LogP contribution >= 0.6 is 11.6 Å². The van der Waals surface area contributed by atoms with Gasteiger partial charge in [0.15, 0.2) is 0 Å². The fraction of sp³-hybridized carbons (Fsp3) is 0.150. The summed E-state index contributed by atoms with van der Waals surface area (Å²) in [6.45, 7) is 1.79. The Morgan fingerprint density at radius 1 is 1.19 bits per heavy atom. The molecule has 0 spiro atoms. The first-order valence-corrected chi connectivity index (χ1v) is 8.35. The van der Waals surface area contributed by atoms with Gasteiger partial charge in [0.25, 0.3) is 5.91 Å². The number of rotatable bonds is 5. The number of halogens is 1. The van der Waals surface area contributed by atoms with Crippen LogP contribution in [0.15, 0.2) is 52.9 Å². The topological polar surface area (TPSA) is 71.7 Å². The minimum Gasteiger partial charge on any atom is -0.495 e. The molecule has 0 radical (unpaired) electrons. The highest BCUT2D eigenvalue weighted by molar-refractivity contribution is 6.32. The van der Waals surface area contributed by atoms with Crippen molar-refractivity contribution in [2.24, 2.45) is 0 Å². The number of furan rings is 1. The number of aryl methyl sites for hydroxylation is 1. The number of anilines is 1. The van der Waals surface area contributed by atoms with Crippen LogP contribution in [-0.4, -0.2) is 18.1 Å². The monoisotopic (exact) mass is 371 g/mol. The van der Waals surface area contributed by atoms with Gasteiger partial charge < -0.3 is 19.6 Å². The smallest absolute Gasteiger partial charge is 0.255 e. The number of methoxy groups -OCH3 is 1. The van der Waals surface area contributed by atoms with Crippen molar-refractivity contribution in [3.63, 3.8) is 0 Å². The number of amides is 1. The molecule has 6 heteroatoms. The Balaban J connectivity index is 1.79. The van der Waals surface area contributed by atoms with E-state index in [-0.39, 0.29) is 12.5 Å². The lowest BCUT2D eigenvalue weighted by Gasteiger charge is -2.10. The molecule has 2 N–H and O–H groups in total. The molecule has 3 rings (SSSR count). The van der Waals surface area contributed by atoms with Crippen LogP contribution in [0.3, 0.4) is 0 Å². The fourth-order valence-electron chi connectivity index (χ4n) is 2.64. The summed E-state index contributed by atoms with van der Waals surface area (Å²) in [7, 11) is 1.52. The summed E-state index contributed by atoms with van der Waals surface area (Å²) in [4.78, 5) is 12.4. The third kappa shape index (κ3) is 3.74. The molecule has 1 amide bonds. The molecular weight excluding hydrogens is 354 g/mol. The second-order valence-electron chi connectivity index (χ2n) is 5.76. The zero-order valence-corrected chi connectivity index (χ0v) is 15.1. The number of carbonyl (C=O) groups excluding carboxylic acids is 1. The van der Waals surface area contributed by atoms with Crippen LogP contribution in [0.4, 0.5) is 5.69 Å². The van der Waals surface area contributed by atoms with Crippen molar-refractivity contribution in [2.45, 2.75) is 13.5 Å². The Kier molecular flexibility index (Phi) is 5.30. The maximum atomic E-state index is 12.4. The number of aliphatic hydroxyl groups excluding tert-OH is 1. The molecule has 2 aromatic carbocycles. The standard InChI is InChI=1S/C20H18ClNO4/c1-12-9-14(4-6-16(12)18-8-5-15(11-23)26-18)22-20(24)13-3-7-19(25-2)17(21)10-13/h3-10,23H,11H2,1-2H3,(H,22,24). The van der Waals surface area contributed by atoms with Crippen molar-refractivity contribution >= 4 is 23.2 Å². The highest BCUT2D eigenvalue weighted by Gasteiger charge is 2.12. The van der Waals surface area contributed by atoms with Gasteiger partial charge in [0.2, 0.25) is 0 Å². The van der Waals surface area contributed by atoms with Crippen molar-refractivity contribution < 1.29 is 19.1 Å². The Labute approximate surface area is 156 Å². The van der Waals surface area contributed by atoms with Gasteiger partial charge in [-0.3, -0.25) is 4.79 Å². The predicted molar refractivity (Wildman–Crippen MR) is 101 cm³/mol. The second-order valence-corrected chi connectivity index (χ2v) is 6.16. The highest BCUT2D eigenvalue weighted by Crippen LogP contribution is 2.29. The molecule has 0 aliphatic carbocycles. The average Bonchev–Trinajstić information content (AvgIpc) is 3.10. The summed E-state index contributed by atoms with van der Waals surface area (Å²) in [6, 6.07) is 13.9. The van der Waals surface area contributed by atoms with Crippen molar-refractivity contribution in [1.82, 2.24) is 0 Å². The van der Waals surface area contributed by atoms with Crippen LogP contribution in [0.1, 0.15) is 21.7 Å².